The van der Waals surface area contributed by atoms with Crippen LogP contribution in [0.2, 0.25) is 5.02 Å². The summed E-state index contributed by atoms with van der Waals surface area (Å²) in [7, 11) is 0. The second kappa shape index (κ2) is 14.2. The summed E-state index contributed by atoms with van der Waals surface area (Å²) < 4.78 is 13.1. The minimum atomic E-state index is -0.596. The van der Waals surface area contributed by atoms with Gasteiger partial charge in [-0.05, 0) is 36.2 Å². The molecule has 0 fully saturated rings. The monoisotopic (exact) mass is 423 g/mol. The van der Waals surface area contributed by atoms with E-state index >= 15 is 0 Å². The van der Waals surface area contributed by atoms with E-state index in [-0.39, 0.29) is 5.41 Å². The third-order valence-corrected chi connectivity index (χ3v) is 4.69. The van der Waals surface area contributed by atoms with E-state index in [9.17, 15) is 4.39 Å². The molecule has 29 heavy (non-hydrogen) atoms. The molecule has 164 valence electrons. The summed E-state index contributed by atoms with van der Waals surface area (Å²) in [6.07, 6.45) is 5.61. The first-order valence-corrected chi connectivity index (χ1v) is 10.9. The van der Waals surface area contributed by atoms with Crippen LogP contribution in [0.1, 0.15) is 77.5 Å². The second-order valence-electron chi connectivity index (χ2n) is 7.46. The number of nitrogens with zero attached hydrogens (tertiary/aromatic N) is 1. The molecule has 0 aliphatic carbocycles. The summed E-state index contributed by atoms with van der Waals surface area (Å²) in [6, 6.07) is 7.48. The van der Waals surface area contributed by atoms with Crippen molar-refractivity contribution < 1.29 is 4.39 Å². The fourth-order valence-electron chi connectivity index (χ4n) is 2.93. The average Bonchev–Trinajstić information content (AvgIpc) is 2.69. The number of rotatable bonds is 7. The molecule has 1 aromatic carbocycles. The maximum Gasteiger partial charge on any atom is 0.131 e. The summed E-state index contributed by atoms with van der Waals surface area (Å²) in [5, 5.41) is 3.96. The van der Waals surface area contributed by atoms with Gasteiger partial charge in [-0.2, -0.15) is 0 Å². The van der Waals surface area contributed by atoms with Crippen molar-refractivity contribution in [2.45, 2.75) is 79.8 Å². The fraction of sp³-hybridized carbons (Fsp3) is 0.542. The Bertz CT molecular complexity index is 715. The smallest absolute Gasteiger partial charge is 0.131 e. The molecule has 1 heterocycles. The van der Waals surface area contributed by atoms with Gasteiger partial charge in [0.1, 0.15) is 12.5 Å². The molecule has 2 rings (SSSR count). The number of unbranched alkanes of at least 4 members (excludes halogenated alkanes) is 2. The van der Waals surface area contributed by atoms with Gasteiger partial charge in [-0.3, -0.25) is 0 Å². The maximum atomic E-state index is 13.1. The SMILES string of the molecule is CC.CCCCC.Cc1cc(Cl)ccc1C(C)(C)CNc1ncc(N)cc1CF. The molecule has 0 radical (unpaired) electrons. The highest BCUT2D eigenvalue weighted by Gasteiger charge is 2.23. The number of nitrogen functional groups attached to an aromatic ring is 1. The normalized spacial score (nSPS) is 10.4. The minimum Gasteiger partial charge on any atom is -0.397 e. The van der Waals surface area contributed by atoms with Crippen molar-refractivity contribution in [3.05, 3.63) is 52.2 Å². The number of aromatic nitrogens is 1. The van der Waals surface area contributed by atoms with Crippen LogP contribution in [0, 0.1) is 6.92 Å². The molecule has 0 atom stereocenters. The van der Waals surface area contributed by atoms with Gasteiger partial charge in [0.15, 0.2) is 0 Å². The number of hydrogen-bond donors (Lipinski definition) is 2. The Morgan fingerprint density at radius 2 is 1.76 bits per heavy atom. The van der Waals surface area contributed by atoms with Gasteiger partial charge in [-0.15, -0.1) is 0 Å². The van der Waals surface area contributed by atoms with Crippen molar-refractivity contribution in [1.29, 1.82) is 0 Å². The van der Waals surface area contributed by atoms with Crippen LogP contribution in [-0.2, 0) is 12.1 Å². The molecule has 2 aromatic rings. The number of hydrogen-bond acceptors (Lipinski definition) is 3. The third-order valence-electron chi connectivity index (χ3n) is 4.45. The maximum absolute atomic E-state index is 13.1. The zero-order valence-electron chi connectivity index (χ0n) is 19.2. The lowest BCUT2D eigenvalue weighted by molar-refractivity contribution is 0.484. The molecule has 0 saturated heterocycles. The molecule has 3 N–H and O–H groups in total. The van der Waals surface area contributed by atoms with Crippen molar-refractivity contribution in [2.24, 2.45) is 0 Å². The number of nitrogens with one attached hydrogen (secondary N) is 1. The molecule has 5 heteroatoms. The second-order valence-corrected chi connectivity index (χ2v) is 7.90. The molecular weight excluding hydrogens is 385 g/mol. The number of alkyl halides is 1. The Balaban J connectivity index is 0.000000977. The zero-order chi connectivity index (χ0) is 22.4. The third kappa shape index (κ3) is 9.49. The molecule has 0 amide bonds. The standard InChI is InChI=1S/C17H21ClFN3.C5H12.C2H6/c1-11-6-13(18)4-5-15(11)17(2,3)10-22-16-12(8-19)7-14(20)9-21-16;1-3-5-4-2;1-2/h4-7,9H,8,10,20H2,1-3H3,(H,21,22);3-5H2,1-2H3;1-2H3. The van der Waals surface area contributed by atoms with E-state index in [1.54, 1.807) is 6.07 Å². The molecule has 1 aromatic heterocycles. The van der Waals surface area contributed by atoms with Crippen molar-refractivity contribution in [3.8, 4) is 0 Å². The summed E-state index contributed by atoms with van der Waals surface area (Å²) in [5.74, 6) is 0.538. The first kappa shape index (κ1) is 27.2. The van der Waals surface area contributed by atoms with Crippen LogP contribution in [0.3, 0.4) is 0 Å². The van der Waals surface area contributed by atoms with Crippen molar-refractivity contribution in [1.82, 2.24) is 4.98 Å². The quantitative estimate of drug-likeness (QED) is 0.479. The number of halogens is 2. The van der Waals surface area contributed by atoms with E-state index in [0.717, 1.165) is 10.6 Å². The minimum absolute atomic E-state index is 0.147. The van der Waals surface area contributed by atoms with Crippen LogP contribution >= 0.6 is 11.6 Å². The van der Waals surface area contributed by atoms with Crippen LogP contribution in [-0.4, -0.2) is 11.5 Å². The number of pyridine rings is 1. The average molecular weight is 424 g/mol. The summed E-state index contributed by atoms with van der Waals surface area (Å²) >= 11 is 6.02. The van der Waals surface area contributed by atoms with Crippen LogP contribution in [0.5, 0.6) is 0 Å². The fourth-order valence-corrected chi connectivity index (χ4v) is 3.16. The Labute approximate surface area is 182 Å². The molecule has 0 aliphatic heterocycles. The molecule has 0 unspecified atom stereocenters. The van der Waals surface area contributed by atoms with Gasteiger partial charge in [0.05, 0.1) is 11.9 Å². The number of aryl methyl sites for hydroxylation is 1. The first-order valence-electron chi connectivity index (χ1n) is 10.6. The van der Waals surface area contributed by atoms with Crippen molar-refractivity contribution >= 4 is 23.1 Å². The molecular formula is C24H39ClFN3. The molecule has 0 aliphatic rings. The largest absolute Gasteiger partial charge is 0.397 e. The van der Waals surface area contributed by atoms with E-state index in [1.807, 2.05) is 39.0 Å². The van der Waals surface area contributed by atoms with E-state index in [1.165, 1.54) is 31.0 Å². The van der Waals surface area contributed by atoms with Crippen molar-refractivity contribution in [2.75, 3.05) is 17.6 Å². The van der Waals surface area contributed by atoms with Crippen LogP contribution in [0.4, 0.5) is 15.9 Å². The molecule has 3 nitrogen and oxygen atoms in total. The zero-order valence-corrected chi connectivity index (χ0v) is 20.0. The lowest BCUT2D eigenvalue weighted by Crippen LogP contribution is -2.29. The Morgan fingerprint density at radius 3 is 2.24 bits per heavy atom. The summed E-state index contributed by atoms with van der Waals surface area (Å²) in [6.45, 7) is 14.7. The molecule has 0 bridgehead atoms. The topological polar surface area (TPSA) is 50.9 Å². The highest BCUT2D eigenvalue weighted by molar-refractivity contribution is 6.30. The number of nitrogens with two attached hydrogens (primary N) is 1. The predicted molar refractivity (Wildman–Crippen MR) is 128 cm³/mol. The van der Waals surface area contributed by atoms with Gasteiger partial charge in [0, 0.05) is 22.5 Å². The summed E-state index contributed by atoms with van der Waals surface area (Å²) in [4.78, 5) is 4.19. The van der Waals surface area contributed by atoms with Crippen molar-refractivity contribution in [3.63, 3.8) is 0 Å². The highest BCUT2D eigenvalue weighted by Crippen LogP contribution is 2.29. The molecule has 0 spiro atoms. The first-order chi connectivity index (χ1) is 13.7. The predicted octanol–water partition coefficient (Wildman–Crippen LogP) is 7.71. The van der Waals surface area contributed by atoms with Gasteiger partial charge in [-0.25, -0.2) is 9.37 Å². The Morgan fingerprint density at radius 1 is 1.14 bits per heavy atom. The number of benzene rings is 1. The summed E-state index contributed by atoms with van der Waals surface area (Å²) in [5.41, 5.74) is 8.76. The van der Waals surface area contributed by atoms with Gasteiger partial charge >= 0.3 is 0 Å². The van der Waals surface area contributed by atoms with Crippen LogP contribution in [0.25, 0.3) is 0 Å². The lowest BCUT2D eigenvalue weighted by Gasteiger charge is -2.28. The van der Waals surface area contributed by atoms with Gasteiger partial charge in [0.2, 0.25) is 0 Å². The van der Waals surface area contributed by atoms with Crippen LogP contribution < -0.4 is 11.1 Å². The van der Waals surface area contributed by atoms with E-state index in [2.05, 4.69) is 38.0 Å². The number of anilines is 2. The lowest BCUT2D eigenvalue weighted by atomic mass is 9.82. The van der Waals surface area contributed by atoms with E-state index in [4.69, 9.17) is 17.3 Å². The van der Waals surface area contributed by atoms with Gasteiger partial charge in [-0.1, -0.05) is 78.5 Å². The van der Waals surface area contributed by atoms with Gasteiger partial charge < -0.3 is 11.1 Å². The van der Waals surface area contributed by atoms with E-state index in [0.29, 0.717) is 23.6 Å². The van der Waals surface area contributed by atoms with E-state index < -0.39 is 6.67 Å². The Kier molecular flexibility index (Phi) is 13.3. The van der Waals surface area contributed by atoms with Crippen LogP contribution in [0.15, 0.2) is 30.5 Å². The molecule has 0 saturated carbocycles. The highest BCUT2D eigenvalue weighted by atomic mass is 35.5. The Hall–Kier alpha value is -1.81. The van der Waals surface area contributed by atoms with Gasteiger partial charge in [0.25, 0.3) is 0 Å².